The second-order valence-electron chi connectivity index (χ2n) is 2.92. The summed E-state index contributed by atoms with van der Waals surface area (Å²) in [5, 5.41) is 9.64. The quantitative estimate of drug-likeness (QED) is 0.804. The van der Waals surface area contributed by atoms with Crippen LogP contribution in [0.1, 0.15) is 4.88 Å². The molecular weight excluding hydrogens is 199 g/mol. The zero-order valence-corrected chi connectivity index (χ0v) is 8.22. The highest BCUT2D eigenvalue weighted by molar-refractivity contribution is 7.19. The zero-order chi connectivity index (χ0) is 9.97. The number of hydrogen-bond acceptors (Lipinski definition) is 2. The summed E-state index contributed by atoms with van der Waals surface area (Å²) in [6, 6.07) is 6.72. The summed E-state index contributed by atoms with van der Waals surface area (Å²) in [6.45, 7) is 0.0304. The maximum Gasteiger partial charge on any atom is 0.124 e. The van der Waals surface area contributed by atoms with E-state index in [4.69, 9.17) is 5.11 Å². The van der Waals surface area contributed by atoms with Crippen LogP contribution >= 0.6 is 11.3 Å². The molecule has 2 aromatic rings. The highest BCUT2D eigenvalue weighted by Crippen LogP contribution is 2.26. The van der Waals surface area contributed by atoms with E-state index < -0.39 is 0 Å². The van der Waals surface area contributed by atoms with Crippen LogP contribution in [0.15, 0.2) is 30.3 Å². The maximum atomic E-state index is 12.8. The Morgan fingerprint density at radius 2 is 2.21 bits per heavy atom. The van der Waals surface area contributed by atoms with Gasteiger partial charge in [-0.1, -0.05) is 12.1 Å². The van der Waals surface area contributed by atoms with E-state index in [2.05, 4.69) is 0 Å². The first-order chi connectivity index (χ1) is 6.79. The van der Waals surface area contributed by atoms with Crippen molar-refractivity contribution in [2.45, 2.75) is 0 Å². The van der Waals surface area contributed by atoms with Crippen molar-refractivity contribution in [3.05, 3.63) is 41.0 Å². The van der Waals surface area contributed by atoms with Crippen LogP contribution in [0.4, 0.5) is 4.39 Å². The predicted octanol–water partition coefficient (Wildman–Crippen LogP) is 3.05. The number of rotatable bonds is 2. The molecule has 1 heterocycles. The predicted molar refractivity (Wildman–Crippen MR) is 57.9 cm³/mol. The fourth-order valence-electron chi connectivity index (χ4n) is 1.28. The third-order valence-corrected chi connectivity index (χ3v) is 2.95. The highest BCUT2D eigenvalue weighted by Gasteiger charge is 1.99. The molecule has 1 nitrogen and oxygen atoms in total. The van der Waals surface area contributed by atoms with Crippen LogP contribution in [-0.2, 0) is 0 Å². The normalized spacial score (nSPS) is 11.6. The molecule has 1 aromatic carbocycles. The molecule has 0 aliphatic heterocycles. The summed E-state index contributed by atoms with van der Waals surface area (Å²) in [5.41, 5.74) is 0. The van der Waals surface area contributed by atoms with Crippen molar-refractivity contribution in [2.24, 2.45) is 0 Å². The number of aliphatic hydroxyl groups is 1. The number of aliphatic hydroxyl groups excluding tert-OH is 1. The van der Waals surface area contributed by atoms with Crippen LogP contribution < -0.4 is 0 Å². The van der Waals surface area contributed by atoms with Gasteiger partial charge < -0.3 is 5.11 Å². The van der Waals surface area contributed by atoms with Crippen LogP contribution in [-0.4, -0.2) is 11.7 Å². The maximum absolute atomic E-state index is 12.8. The van der Waals surface area contributed by atoms with E-state index in [0.29, 0.717) is 0 Å². The van der Waals surface area contributed by atoms with Gasteiger partial charge in [-0.15, -0.1) is 11.3 Å². The SMILES string of the molecule is OC/C=C/c1cc2ccc(F)cc2s1. The van der Waals surface area contributed by atoms with Gasteiger partial charge in [0, 0.05) is 9.58 Å². The van der Waals surface area contributed by atoms with Gasteiger partial charge in [0.15, 0.2) is 0 Å². The second kappa shape index (κ2) is 3.90. The van der Waals surface area contributed by atoms with Gasteiger partial charge in [-0.25, -0.2) is 4.39 Å². The van der Waals surface area contributed by atoms with E-state index in [1.165, 1.54) is 23.5 Å². The molecule has 72 valence electrons. The molecule has 2 rings (SSSR count). The number of halogens is 1. The summed E-state index contributed by atoms with van der Waals surface area (Å²) in [6.07, 6.45) is 3.50. The average molecular weight is 208 g/mol. The molecule has 0 amide bonds. The van der Waals surface area contributed by atoms with Crippen molar-refractivity contribution >= 4 is 27.5 Å². The Bertz CT molecular complexity index is 473. The Balaban J connectivity index is 2.46. The van der Waals surface area contributed by atoms with Crippen molar-refractivity contribution in [3.8, 4) is 0 Å². The van der Waals surface area contributed by atoms with Crippen molar-refractivity contribution in [3.63, 3.8) is 0 Å². The molecule has 0 aliphatic rings. The van der Waals surface area contributed by atoms with Gasteiger partial charge in [0.05, 0.1) is 6.61 Å². The minimum Gasteiger partial charge on any atom is -0.392 e. The van der Waals surface area contributed by atoms with Crippen molar-refractivity contribution in [1.29, 1.82) is 0 Å². The molecule has 0 fully saturated rings. The summed E-state index contributed by atoms with van der Waals surface area (Å²) in [4.78, 5) is 1.03. The fourth-order valence-corrected chi connectivity index (χ4v) is 2.30. The molecule has 1 aromatic heterocycles. The van der Waals surface area contributed by atoms with Crippen molar-refractivity contribution < 1.29 is 9.50 Å². The molecule has 14 heavy (non-hydrogen) atoms. The molecular formula is C11H9FOS. The first-order valence-electron chi connectivity index (χ1n) is 4.26. The van der Waals surface area contributed by atoms with Gasteiger partial charge in [-0.3, -0.25) is 0 Å². The molecule has 0 spiro atoms. The van der Waals surface area contributed by atoms with Crippen molar-refractivity contribution in [2.75, 3.05) is 6.61 Å². The molecule has 0 saturated carbocycles. The van der Waals surface area contributed by atoms with Crippen LogP contribution in [0.2, 0.25) is 0 Å². The minimum atomic E-state index is -0.211. The van der Waals surface area contributed by atoms with Gasteiger partial charge in [0.25, 0.3) is 0 Å². The number of benzene rings is 1. The van der Waals surface area contributed by atoms with E-state index in [1.807, 2.05) is 12.1 Å². The Kier molecular flexibility index (Phi) is 2.61. The first kappa shape index (κ1) is 9.37. The van der Waals surface area contributed by atoms with Gasteiger partial charge in [0.2, 0.25) is 0 Å². The first-order valence-corrected chi connectivity index (χ1v) is 5.08. The molecule has 0 unspecified atom stereocenters. The lowest BCUT2D eigenvalue weighted by Crippen LogP contribution is -1.68. The van der Waals surface area contributed by atoms with Gasteiger partial charge in [0.1, 0.15) is 5.82 Å². The topological polar surface area (TPSA) is 20.2 Å². The highest BCUT2D eigenvalue weighted by atomic mass is 32.1. The second-order valence-corrected chi connectivity index (χ2v) is 4.03. The summed E-state index contributed by atoms with van der Waals surface area (Å²) >= 11 is 1.51. The van der Waals surface area contributed by atoms with Gasteiger partial charge in [-0.05, 0) is 29.7 Å². The Morgan fingerprint density at radius 1 is 1.36 bits per heavy atom. The summed E-state index contributed by atoms with van der Waals surface area (Å²) in [7, 11) is 0. The Hall–Kier alpha value is -1.19. The van der Waals surface area contributed by atoms with Crippen LogP contribution in [0.3, 0.4) is 0 Å². The van der Waals surface area contributed by atoms with Crippen LogP contribution in [0, 0.1) is 5.82 Å². The monoisotopic (exact) mass is 208 g/mol. The van der Waals surface area contributed by atoms with Crippen molar-refractivity contribution in [1.82, 2.24) is 0 Å². The lowest BCUT2D eigenvalue weighted by molar-refractivity contribution is 0.343. The molecule has 1 N–H and O–H groups in total. The zero-order valence-electron chi connectivity index (χ0n) is 7.40. The molecule has 0 radical (unpaired) electrons. The van der Waals surface area contributed by atoms with E-state index in [0.717, 1.165) is 15.0 Å². The summed E-state index contributed by atoms with van der Waals surface area (Å²) in [5.74, 6) is -0.211. The average Bonchev–Trinajstić information content (AvgIpc) is 2.56. The van der Waals surface area contributed by atoms with Crippen LogP contribution in [0.5, 0.6) is 0 Å². The van der Waals surface area contributed by atoms with E-state index >= 15 is 0 Å². The third-order valence-electron chi connectivity index (χ3n) is 1.89. The minimum absolute atomic E-state index is 0.0304. The number of hydrogen-bond donors (Lipinski definition) is 1. The molecule has 0 saturated heterocycles. The smallest absolute Gasteiger partial charge is 0.124 e. The standard InChI is InChI=1S/C11H9FOS/c12-9-4-3-8-6-10(2-1-5-13)14-11(8)7-9/h1-4,6-7,13H,5H2/b2-1+. The third kappa shape index (κ3) is 1.84. The van der Waals surface area contributed by atoms with Gasteiger partial charge in [-0.2, -0.15) is 0 Å². The molecule has 0 aliphatic carbocycles. The van der Waals surface area contributed by atoms with E-state index in [1.54, 1.807) is 12.1 Å². The van der Waals surface area contributed by atoms with Crippen LogP contribution in [0.25, 0.3) is 16.2 Å². The fraction of sp³-hybridized carbons (Fsp3) is 0.0909. The van der Waals surface area contributed by atoms with E-state index in [9.17, 15) is 4.39 Å². The number of thiophene rings is 1. The van der Waals surface area contributed by atoms with Gasteiger partial charge >= 0.3 is 0 Å². The lowest BCUT2D eigenvalue weighted by Gasteiger charge is -1.86. The Morgan fingerprint density at radius 3 is 3.00 bits per heavy atom. The largest absolute Gasteiger partial charge is 0.392 e. The lowest BCUT2D eigenvalue weighted by atomic mass is 10.2. The number of fused-ring (bicyclic) bond motifs is 1. The Labute approximate surface area is 85.1 Å². The molecule has 0 bridgehead atoms. The van der Waals surface area contributed by atoms with E-state index in [-0.39, 0.29) is 12.4 Å². The molecule has 3 heteroatoms. The summed E-state index contributed by atoms with van der Waals surface area (Å²) < 4.78 is 13.8. The molecule has 0 atom stereocenters.